The number of hydrogen-bond donors (Lipinski definition) is 0. The Morgan fingerprint density at radius 2 is 1.64 bits per heavy atom. The zero-order chi connectivity index (χ0) is 10.8. The van der Waals surface area contributed by atoms with E-state index in [-0.39, 0.29) is 0 Å². The lowest BCUT2D eigenvalue weighted by Crippen LogP contribution is -2.29. The van der Waals surface area contributed by atoms with Crippen molar-refractivity contribution in [3.05, 3.63) is 23.2 Å². The standard InChI is InChI=1S/C10H15ClO2Si/c1-12-9-5-8(11)6-10(7-9)13-14(2,3)4/h5-7H,1-4H3. The van der Waals surface area contributed by atoms with Crippen LogP contribution in [0.15, 0.2) is 18.2 Å². The third-order valence-corrected chi connectivity index (χ3v) is 2.57. The van der Waals surface area contributed by atoms with Crippen molar-refractivity contribution >= 4 is 19.9 Å². The second-order valence-corrected chi connectivity index (χ2v) is 8.91. The Hall–Kier alpha value is -0.673. The van der Waals surface area contributed by atoms with Crippen LogP contribution in [-0.4, -0.2) is 15.4 Å². The van der Waals surface area contributed by atoms with E-state index in [1.807, 2.05) is 12.1 Å². The molecule has 0 aliphatic carbocycles. The van der Waals surface area contributed by atoms with Gasteiger partial charge in [0.25, 0.3) is 0 Å². The largest absolute Gasteiger partial charge is 0.544 e. The minimum atomic E-state index is -1.57. The van der Waals surface area contributed by atoms with Gasteiger partial charge >= 0.3 is 0 Å². The predicted molar refractivity (Wildman–Crippen MR) is 62.0 cm³/mol. The third-order valence-electron chi connectivity index (χ3n) is 1.50. The van der Waals surface area contributed by atoms with Crippen LogP contribution in [0, 0.1) is 0 Å². The van der Waals surface area contributed by atoms with Gasteiger partial charge in [-0.15, -0.1) is 0 Å². The molecule has 0 atom stereocenters. The maximum absolute atomic E-state index is 5.91. The fourth-order valence-corrected chi connectivity index (χ4v) is 2.11. The summed E-state index contributed by atoms with van der Waals surface area (Å²) < 4.78 is 10.9. The van der Waals surface area contributed by atoms with Crippen molar-refractivity contribution in [2.24, 2.45) is 0 Å². The molecule has 4 heteroatoms. The van der Waals surface area contributed by atoms with Crippen LogP contribution in [0.4, 0.5) is 0 Å². The second-order valence-electron chi connectivity index (χ2n) is 4.04. The van der Waals surface area contributed by atoms with Crippen molar-refractivity contribution in [1.82, 2.24) is 0 Å². The van der Waals surface area contributed by atoms with Crippen molar-refractivity contribution in [1.29, 1.82) is 0 Å². The lowest BCUT2D eigenvalue weighted by molar-refractivity contribution is 0.412. The van der Waals surface area contributed by atoms with E-state index in [0.717, 1.165) is 11.5 Å². The monoisotopic (exact) mass is 230 g/mol. The van der Waals surface area contributed by atoms with Gasteiger partial charge in [-0.1, -0.05) is 11.6 Å². The highest BCUT2D eigenvalue weighted by Gasteiger charge is 2.16. The Morgan fingerprint density at radius 3 is 2.14 bits per heavy atom. The SMILES string of the molecule is COc1cc(Cl)cc(O[Si](C)(C)C)c1. The summed E-state index contributed by atoms with van der Waals surface area (Å²) in [7, 11) is 0.0442. The summed E-state index contributed by atoms with van der Waals surface area (Å²) in [5.74, 6) is 1.51. The highest BCUT2D eigenvalue weighted by Crippen LogP contribution is 2.27. The Labute approximate surface area is 90.9 Å². The number of benzene rings is 1. The number of rotatable bonds is 3. The third kappa shape index (κ3) is 3.60. The summed E-state index contributed by atoms with van der Waals surface area (Å²) in [4.78, 5) is 0. The molecule has 0 bridgehead atoms. The molecule has 0 saturated heterocycles. The zero-order valence-electron chi connectivity index (χ0n) is 8.93. The molecule has 0 radical (unpaired) electrons. The first-order valence-electron chi connectivity index (χ1n) is 4.44. The van der Waals surface area contributed by atoms with Gasteiger partial charge in [0.2, 0.25) is 8.32 Å². The molecule has 0 unspecified atom stereocenters. The van der Waals surface area contributed by atoms with Gasteiger partial charge in [-0.2, -0.15) is 0 Å². The highest BCUT2D eigenvalue weighted by molar-refractivity contribution is 6.70. The van der Waals surface area contributed by atoms with Crippen molar-refractivity contribution in [2.75, 3.05) is 7.11 Å². The molecule has 0 N–H and O–H groups in total. The fraction of sp³-hybridized carbons (Fsp3) is 0.400. The summed E-state index contributed by atoms with van der Waals surface area (Å²) in [6.07, 6.45) is 0. The quantitative estimate of drug-likeness (QED) is 0.740. The molecule has 0 aliphatic rings. The average molecular weight is 231 g/mol. The molecule has 1 aromatic rings. The summed E-state index contributed by atoms with van der Waals surface area (Å²) in [5.41, 5.74) is 0. The molecule has 1 rings (SSSR count). The van der Waals surface area contributed by atoms with Crippen molar-refractivity contribution in [3.8, 4) is 11.5 Å². The van der Waals surface area contributed by atoms with Gasteiger partial charge < -0.3 is 9.16 Å². The Balaban J connectivity index is 2.92. The lowest BCUT2D eigenvalue weighted by atomic mass is 10.3. The summed E-state index contributed by atoms with van der Waals surface area (Å²) >= 11 is 5.91. The van der Waals surface area contributed by atoms with Gasteiger partial charge in [0, 0.05) is 11.1 Å². The van der Waals surface area contributed by atoms with Crippen LogP contribution >= 0.6 is 11.6 Å². The van der Waals surface area contributed by atoms with E-state index in [0.29, 0.717) is 5.02 Å². The van der Waals surface area contributed by atoms with Gasteiger partial charge in [0.05, 0.1) is 7.11 Å². The first-order valence-corrected chi connectivity index (χ1v) is 8.23. The summed E-state index contributed by atoms with van der Waals surface area (Å²) in [5, 5.41) is 0.637. The van der Waals surface area contributed by atoms with Crippen LogP contribution in [0.25, 0.3) is 0 Å². The predicted octanol–water partition coefficient (Wildman–Crippen LogP) is 3.56. The van der Waals surface area contributed by atoms with Crippen LogP contribution in [0.3, 0.4) is 0 Å². The minimum absolute atomic E-state index is 0.637. The molecule has 0 saturated carbocycles. The van der Waals surface area contributed by atoms with Crippen LogP contribution in [-0.2, 0) is 0 Å². The summed E-state index contributed by atoms with van der Waals surface area (Å²) in [6.45, 7) is 6.38. The Morgan fingerprint density at radius 1 is 1.07 bits per heavy atom. The van der Waals surface area contributed by atoms with E-state index in [9.17, 15) is 0 Å². The second kappa shape index (κ2) is 4.23. The number of ether oxygens (including phenoxy) is 1. The van der Waals surface area contributed by atoms with Gasteiger partial charge in [0.15, 0.2) is 0 Å². The van der Waals surface area contributed by atoms with E-state index < -0.39 is 8.32 Å². The van der Waals surface area contributed by atoms with E-state index in [1.165, 1.54) is 0 Å². The van der Waals surface area contributed by atoms with Gasteiger partial charge in [0.1, 0.15) is 11.5 Å². The Kier molecular flexibility index (Phi) is 3.45. The van der Waals surface area contributed by atoms with E-state index >= 15 is 0 Å². The molecule has 0 amide bonds. The minimum Gasteiger partial charge on any atom is -0.544 e. The lowest BCUT2D eigenvalue weighted by Gasteiger charge is -2.19. The molecule has 0 heterocycles. The van der Waals surface area contributed by atoms with Crippen molar-refractivity contribution in [3.63, 3.8) is 0 Å². The maximum Gasteiger partial charge on any atom is 0.242 e. The number of methoxy groups -OCH3 is 1. The fourth-order valence-electron chi connectivity index (χ4n) is 1.07. The molecule has 0 aromatic heterocycles. The maximum atomic E-state index is 5.91. The van der Waals surface area contributed by atoms with Crippen LogP contribution in [0.2, 0.25) is 24.7 Å². The highest BCUT2D eigenvalue weighted by atomic mass is 35.5. The average Bonchev–Trinajstić information content (AvgIpc) is 1.99. The molecule has 0 spiro atoms. The Bertz CT molecular complexity index is 320. The van der Waals surface area contributed by atoms with Gasteiger partial charge in [-0.25, -0.2) is 0 Å². The molecule has 1 aromatic carbocycles. The van der Waals surface area contributed by atoms with Crippen molar-refractivity contribution in [2.45, 2.75) is 19.6 Å². The molecule has 0 aliphatic heterocycles. The zero-order valence-corrected chi connectivity index (χ0v) is 10.7. The molecular formula is C10H15ClO2Si. The smallest absolute Gasteiger partial charge is 0.242 e. The van der Waals surface area contributed by atoms with Crippen molar-refractivity contribution < 1.29 is 9.16 Å². The first kappa shape index (κ1) is 11.4. The number of halogens is 1. The normalized spacial score (nSPS) is 11.2. The molecule has 78 valence electrons. The molecule has 2 nitrogen and oxygen atoms in total. The first-order chi connectivity index (χ1) is 6.40. The van der Waals surface area contributed by atoms with Gasteiger partial charge in [-0.3, -0.25) is 0 Å². The number of hydrogen-bond acceptors (Lipinski definition) is 2. The van der Waals surface area contributed by atoms with Crippen LogP contribution in [0.5, 0.6) is 11.5 Å². The molecule has 14 heavy (non-hydrogen) atoms. The molecular weight excluding hydrogens is 216 g/mol. The van der Waals surface area contributed by atoms with Crippen LogP contribution < -0.4 is 9.16 Å². The van der Waals surface area contributed by atoms with Crippen LogP contribution in [0.1, 0.15) is 0 Å². The molecule has 0 fully saturated rings. The van der Waals surface area contributed by atoms with E-state index in [2.05, 4.69) is 19.6 Å². The van der Waals surface area contributed by atoms with E-state index in [1.54, 1.807) is 13.2 Å². The van der Waals surface area contributed by atoms with Gasteiger partial charge in [-0.05, 0) is 31.8 Å². The van der Waals surface area contributed by atoms with E-state index in [4.69, 9.17) is 20.8 Å². The summed E-state index contributed by atoms with van der Waals surface area (Å²) in [6, 6.07) is 5.42. The topological polar surface area (TPSA) is 18.5 Å².